The summed E-state index contributed by atoms with van der Waals surface area (Å²) in [5.74, 6) is 1.57. The molecule has 34 heavy (non-hydrogen) atoms. The molecule has 1 heterocycles. The van der Waals surface area contributed by atoms with E-state index < -0.39 is 0 Å². The van der Waals surface area contributed by atoms with Crippen molar-refractivity contribution < 1.29 is 4.57 Å². The first-order valence-corrected chi connectivity index (χ1v) is 15.8. The summed E-state index contributed by atoms with van der Waals surface area (Å²) in [6.07, 6.45) is 37.3. The lowest BCUT2D eigenvalue weighted by molar-refractivity contribution is -0.704. The first-order chi connectivity index (χ1) is 16.7. The van der Waals surface area contributed by atoms with E-state index in [1.165, 1.54) is 154 Å². The number of hydrogen-bond acceptors (Lipinski definition) is 0. The van der Waals surface area contributed by atoms with Crippen molar-refractivity contribution >= 4 is 0 Å². The van der Waals surface area contributed by atoms with Crippen molar-refractivity contribution in [2.24, 2.45) is 0 Å². The third-order valence-corrected chi connectivity index (χ3v) is 7.60. The smallest absolute Gasteiger partial charge is 0.234 e. The van der Waals surface area contributed by atoms with Gasteiger partial charge in [-0.25, -0.2) is 9.13 Å². The summed E-state index contributed by atoms with van der Waals surface area (Å²) in [6.45, 7) is 10.5. The van der Waals surface area contributed by atoms with Crippen molar-refractivity contribution in [1.82, 2.24) is 4.57 Å². The van der Waals surface area contributed by atoms with Gasteiger partial charge >= 0.3 is 0 Å². The van der Waals surface area contributed by atoms with Crippen LogP contribution in [0.15, 0.2) is 12.4 Å². The Morgan fingerprint density at radius 1 is 0.559 bits per heavy atom. The average Bonchev–Trinajstić information content (AvgIpc) is 3.24. The topological polar surface area (TPSA) is 8.81 Å². The molecule has 1 rings (SSSR count). The van der Waals surface area contributed by atoms with E-state index in [1.807, 2.05) is 0 Å². The molecular weight excluding hydrogens is 412 g/mol. The number of unbranched alkanes of at least 4 members (excludes halogenated alkanes) is 20. The van der Waals surface area contributed by atoms with Gasteiger partial charge in [0.15, 0.2) is 0 Å². The first kappa shape index (κ1) is 31.2. The van der Waals surface area contributed by atoms with Gasteiger partial charge in [0.05, 0.1) is 12.6 Å². The van der Waals surface area contributed by atoms with Gasteiger partial charge in [-0.05, 0) is 33.1 Å². The monoisotopic (exact) mass is 475 g/mol. The van der Waals surface area contributed by atoms with E-state index >= 15 is 0 Å². The van der Waals surface area contributed by atoms with Gasteiger partial charge in [-0.15, -0.1) is 0 Å². The SMILES string of the molecule is CCCCCCCCCCCCCCCC[n+]1ccn(C(C)C)c1CCCCCCCCCC. The maximum atomic E-state index is 2.57. The Balaban J connectivity index is 2.10. The molecule has 0 atom stereocenters. The van der Waals surface area contributed by atoms with E-state index in [2.05, 4.69) is 49.2 Å². The summed E-state index contributed by atoms with van der Waals surface area (Å²) in [4.78, 5) is 0. The van der Waals surface area contributed by atoms with Crippen LogP contribution in [0.4, 0.5) is 0 Å². The molecule has 0 amide bonds. The summed E-state index contributed by atoms with van der Waals surface area (Å²) in [6, 6.07) is 0.571. The highest BCUT2D eigenvalue weighted by Gasteiger charge is 2.18. The molecule has 0 radical (unpaired) electrons. The third kappa shape index (κ3) is 16.0. The van der Waals surface area contributed by atoms with Gasteiger partial charge in [-0.3, -0.25) is 0 Å². The average molecular weight is 476 g/mol. The van der Waals surface area contributed by atoms with Gasteiger partial charge in [-0.1, -0.05) is 136 Å². The molecule has 1 aromatic heterocycles. The van der Waals surface area contributed by atoms with Crippen molar-refractivity contribution in [1.29, 1.82) is 0 Å². The van der Waals surface area contributed by atoms with Crippen LogP contribution in [-0.2, 0) is 13.0 Å². The molecule has 0 aliphatic carbocycles. The third-order valence-electron chi connectivity index (χ3n) is 7.60. The molecule has 0 saturated carbocycles. The molecule has 2 heteroatoms. The number of aromatic nitrogens is 2. The predicted octanol–water partition coefficient (Wildman–Crippen LogP) is 10.5. The normalized spacial score (nSPS) is 11.7. The molecule has 200 valence electrons. The molecular formula is C32H63N2+. The van der Waals surface area contributed by atoms with Crippen molar-refractivity contribution in [3.05, 3.63) is 18.2 Å². The molecule has 2 nitrogen and oxygen atoms in total. The van der Waals surface area contributed by atoms with Crippen LogP contribution in [0.3, 0.4) is 0 Å². The molecule has 0 bridgehead atoms. The lowest BCUT2D eigenvalue weighted by Crippen LogP contribution is -2.37. The summed E-state index contributed by atoms with van der Waals surface area (Å²) in [7, 11) is 0. The van der Waals surface area contributed by atoms with Crippen LogP contribution in [0, 0.1) is 0 Å². The zero-order valence-corrected chi connectivity index (χ0v) is 24.1. The minimum atomic E-state index is 0.571. The summed E-state index contributed by atoms with van der Waals surface area (Å²) >= 11 is 0. The summed E-state index contributed by atoms with van der Waals surface area (Å²) in [5.41, 5.74) is 0. The number of rotatable bonds is 25. The minimum Gasteiger partial charge on any atom is -0.234 e. The minimum absolute atomic E-state index is 0.571. The van der Waals surface area contributed by atoms with Gasteiger partial charge in [0, 0.05) is 6.42 Å². The molecule has 0 aliphatic heterocycles. The van der Waals surface area contributed by atoms with Gasteiger partial charge in [0.2, 0.25) is 0 Å². The van der Waals surface area contributed by atoms with E-state index in [9.17, 15) is 0 Å². The second kappa shape index (κ2) is 22.7. The Labute approximate surface area is 215 Å². The predicted molar refractivity (Wildman–Crippen MR) is 152 cm³/mol. The Hall–Kier alpha value is -0.790. The van der Waals surface area contributed by atoms with Crippen LogP contribution in [0.2, 0.25) is 0 Å². The van der Waals surface area contributed by atoms with Crippen molar-refractivity contribution in [2.75, 3.05) is 0 Å². The standard InChI is InChI=1S/C32H63N2/c1-5-7-9-11-13-15-16-17-18-19-20-22-24-26-28-33-29-30-34(31(3)4)32(33)27-25-23-21-14-12-10-8-6-2/h29-31H,5-28H2,1-4H3/q+1. The number of imidazole rings is 1. The van der Waals surface area contributed by atoms with E-state index in [0.29, 0.717) is 6.04 Å². The molecule has 1 aromatic rings. The Morgan fingerprint density at radius 3 is 1.35 bits per heavy atom. The highest BCUT2D eigenvalue weighted by Crippen LogP contribution is 2.15. The zero-order chi connectivity index (χ0) is 24.7. The second-order valence-electron chi connectivity index (χ2n) is 11.2. The highest BCUT2D eigenvalue weighted by molar-refractivity contribution is 4.86. The quantitative estimate of drug-likeness (QED) is 0.0981. The van der Waals surface area contributed by atoms with Gasteiger partial charge in [0.25, 0.3) is 5.82 Å². The second-order valence-corrected chi connectivity index (χ2v) is 11.2. The van der Waals surface area contributed by atoms with E-state index in [4.69, 9.17) is 0 Å². The van der Waals surface area contributed by atoms with E-state index in [1.54, 1.807) is 5.82 Å². The largest absolute Gasteiger partial charge is 0.256 e. The maximum Gasteiger partial charge on any atom is 0.256 e. The van der Waals surface area contributed by atoms with E-state index in [0.717, 1.165) is 0 Å². The molecule has 0 unspecified atom stereocenters. The lowest BCUT2D eigenvalue weighted by atomic mass is 10.0. The van der Waals surface area contributed by atoms with Crippen LogP contribution < -0.4 is 4.57 Å². The highest BCUT2D eigenvalue weighted by atomic mass is 15.2. The van der Waals surface area contributed by atoms with Gasteiger partial charge in [0.1, 0.15) is 12.4 Å². The maximum absolute atomic E-state index is 2.57. The Kier molecular flexibility index (Phi) is 20.8. The fourth-order valence-corrected chi connectivity index (χ4v) is 5.31. The van der Waals surface area contributed by atoms with Crippen LogP contribution >= 0.6 is 0 Å². The number of hydrogen-bond donors (Lipinski definition) is 0. The Morgan fingerprint density at radius 2 is 0.941 bits per heavy atom. The zero-order valence-electron chi connectivity index (χ0n) is 24.1. The Bertz CT molecular complexity index is 545. The van der Waals surface area contributed by atoms with Crippen molar-refractivity contribution in [3.8, 4) is 0 Å². The summed E-state index contributed by atoms with van der Waals surface area (Å²) in [5, 5.41) is 0. The van der Waals surface area contributed by atoms with Crippen LogP contribution in [0.25, 0.3) is 0 Å². The van der Waals surface area contributed by atoms with Crippen LogP contribution in [-0.4, -0.2) is 4.57 Å². The molecule has 0 fully saturated rings. The lowest BCUT2D eigenvalue weighted by Gasteiger charge is -2.08. The molecule has 0 spiro atoms. The number of aryl methyl sites for hydroxylation is 1. The fraction of sp³-hybridized carbons (Fsp3) is 0.906. The molecule has 0 N–H and O–H groups in total. The van der Waals surface area contributed by atoms with Gasteiger partial charge < -0.3 is 0 Å². The summed E-state index contributed by atoms with van der Waals surface area (Å²) < 4.78 is 5.09. The number of nitrogens with zero attached hydrogens (tertiary/aromatic N) is 2. The van der Waals surface area contributed by atoms with Crippen LogP contribution in [0.5, 0.6) is 0 Å². The van der Waals surface area contributed by atoms with Gasteiger partial charge in [-0.2, -0.15) is 0 Å². The van der Waals surface area contributed by atoms with Crippen molar-refractivity contribution in [3.63, 3.8) is 0 Å². The fourth-order valence-electron chi connectivity index (χ4n) is 5.31. The molecule has 0 aliphatic rings. The molecule has 0 aromatic carbocycles. The first-order valence-electron chi connectivity index (χ1n) is 15.8. The van der Waals surface area contributed by atoms with Crippen molar-refractivity contribution in [2.45, 2.75) is 188 Å². The molecule has 0 saturated heterocycles. The van der Waals surface area contributed by atoms with E-state index in [-0.39, 0.29) is 0 Å². The van der Waals surface area contributed by atoms with Crippen LogP contribution in [0.1, 0.15) is 181 Å².